The number of fused-ring (bicyclic) bond motifs is 2. The Morgan fingerprint density at radius 3 is 2.64 bits per heavy atom. The summed E-state index contributed by atoms with van der Waals surface area (Å²) in [5.41, 5.74) is 2.79. The van der Waals surface area contributed by atoms with E-state index in [2.05, 4.69) is 17.9 Å². The van der Waals surface area contributed by atoms with Gasteiger partial charge in [0, 0.05) is 12.1 Å². The van der Waals surface area contributed by atoms with Crippen molar-refractivity contribution in [2.24, 2.45) is 0 Å². The first-order valence-electron chi connectivity index (χ1n) is 7.97. The standard InChI is InChI=1S/C19H21NO2/c1-2-3-4-7-12-20-16-8-5-6-9-18(16)22-19-13-15(14-21)10-11-17(19)20/h5-6,8-11,13-14H,2-4,7,12H2,1H3. The molecule has 0 saturated carbocycles. The number of unbranched alkanes of at least 4 members (excludes halogenated alkanes) is 3. The number of anilines is 2. The Labute approximate surface area is 131 Å². The maximum atomic E-state index is 11.0. The molecule has 0 bridgehead atoms. The summed E-state index contributed by atoms with van der Waals surface area (Å²) in [6.07, 6.45) is 5.74. The number of benzene rings is 2. The molecule has 0 N–H and O–H groups in total. The van der Waals surface area contributed by atoms with E-state index < -0.39 is 0 Å². The number of carbonyl (C=O) groups is 1. The largest absolute Gasteiger partial charge is 0.453 e. The molecule has 2 aromatic rings. The maximum Gasteiger partial charge on any atom is 0.151 e. The second-order valence-electron chi connectivity index (χ2n) is 5.63. The van der Waals surface area contributed by atoms with Crippen molar-refractivity contribution in [3.63, 3.8) is 0 Å². The lowest BCUT2D eigenvalue weighted by molar-refractivity contribution is 0.112. The molecule has 3 nitrogen and oxygen atoms in total. The summed E-state index contributed by atoms with van der Waals surface area (Å²) >= 11 is 0. The van der Waals surface area contributed by atoms with Gasteiger partial charge in [0.15, 0.2) is 11.5 Å². The highest BCUT2D eigenvalue weighted by atomic mass is 16.5. The molecule has 0 aliphatic carbocycles. The van der Waals surface area contributed by atoms with Crippen LogP contribution in [-0.2, 0) is 0 Å². The van der Waals surface area contributed by atoms with E-state index in [1.807, 2.05) is 36.4 Å². The van der Waals surface area contributed by atoms with Gasteiger partial charge in [0.05, 0.1) is 11.4 Å². The van der Waals surface area contributed by atoms with Gasteiger partial charge < -0.3 is 9.64 Å². The van der Waals surface area contributed by atoms with E-state index in [0.717, 1.165) is 42.1 Å². The molecule has 0 atom stereocenters. The van der Waals surface area contributed by atoms with Gasteiger partial charge in [-0.15, -0.1) is 0 Å². The molecule has 1 aliphatic heterocycles. The van der Waals surface area contributed by atoms with Crippen LogP contribution in [0.4, 0.5) is 11.4 Å². The number of aldehydes is 1. The topological polar surface area (TPSA) is 29.5 Å². The summed E-state index contributed by atoms with van der Waals surface area (Å²) in [5, 5.41) is 0. The molecular formula is C19H21NO2. The van der Waals surface area contributed by atoms with Crippen molar-refractivity contribution in [1.82, 2.24) is 0 Å². The molecule has 0 amide bonds. The molecule has 3 rings (SSSR count). The average Bonchev–Trinajstić information content (AvgIpc) is 2.57. The molecule has 2 aromatic carbocycles. The number of carbonyl (C=O) groups excluding carboxylic acids is 1. The van der Waals surface area contributed by atoms with Gasteiger partial charge in [-0.25, -0.2) is 0 Å². The average molecular weight is 295 g/mol. The van der Waals surface area contributed by atoms with Gasteiger partial charge in [0.25, 0.3) is 0 Å². The molecule has 22 heavy (non-hydrogen) atoms. The van der Waals surface area contributed by atoms with E-state index in [-0.39, 0.29) is 0 Å². The van der Waals surface area contributed by atoms with E-state index in [4.69, 9.17) is 4.74 Å². The molecular weight excluding hydrogens is 274 g/mol. The first-order valence-corrected chi connectivity index (χ1v) is 7.97. The molecule has 0 radical (unpaired) electrons. The van der Waals surface area contributed by atoms with Gasteiger partial charge in [-0.2, -0.15) is 0 Å². The number of para-hydroxylation sites is 2. The minimum Gasteiger partial charge on any atom is -0.453 e. The summed E-state index contributed by atoms with van der Waals surface area (Å²) in [4.78, 5) is 13.3. The molecule has 0 unspecified atom stereocenters. The first-order chi connectivity index (χ1) is 10.8. The van der Waals surface area contributed by atoms with Crippen LogP contribution in [-0.4, -0.2) is 12.8 Å². The van der Waals surface area contributed by atoms with Crippen molar-refractivity contribution in [3.8, 4) is 11.5 Å². The van der Waals surface area contributed by atoms with E-state index in [0.29, 0.717) is 5.56 Å². The lowest BCUT2D eigenvalue weighted by Crippen LogP contribution is -2.22. The van der Waals surface area contributed by atoms with Crippen molar-refractivity contribution in [2.45, 2.75) is 32.6 Å². The monoisotopic (exact) mass is 295 g/mol. The smallest absolute Gasteiger partial charge is 0.151 e. The van der Waals surface area contributed by atoms with E-state index in [9.17, 15) is 4.79 Å². The highest BCUT2D eigenvalue weighted by Gasteiger charge is 2.23. The Morgan fingerprint density at radius 1 is 1.00 bits per heavy atom. The fourth-order valence-electron chi connectivity index (χ4n) is 2.86. The van der Waals surface area contributed by atoms with Crippen LogP contribution in [0.2, 0.25) is 0 Å². The zero-order chi connectivity index (χ0) is 15.4. The molecule has 1 aliphatic rings. The van der Waals surface area contributed by atoms with Gasteiger partial charge in [-0.1, -0.05) is 38.3 Å². The fraction of sp³-hybridized carbons (Fsp3) is 0.316. The van der Waals surface area contributed by atoms with Crippen LogP contribution in [0.1, 0.15) is 43.0 Å². The molecule has 0 saturated heterocycles. The van der Waals surface area contributed by atoms with Crippen LogP contribution in [0.5, 0.6) is 11.5 Å². The van der Waals surface area contributed by atoms with Crippen LogP contribution >= 0.6 is 0 Å². The van der Waals surface area contributed by atoms with Gasteiger partial charge in [0.1, 0.15) is 6.29 Å². The highest BCUT2D eigenvalue weighted by molar-refractivity contribution is 5.83. The summed E-state index contributed by atoms with van der Waals surface area (Å²) in [6, 6.07) is 13.7. The van der Waals surface area contributed by atoms with Crippen LogP contribution in [0.25, 0.3) is 0 Å². The van der Waals surface area contributed by atoms with Crippen molar-refractivity contribution >= 4 is 17.7 Å². The predicted octanol–water partition coefficient (Wildman–Crippen LogP) is 5.32. The van der Waals surface area contributed by atoms with Crippen LogP contribution in [0.3, 0.4) is 0 Å². The van der Waals surface area contributed by atoms with Crippen LogP contribution < -0.4 is 9.64 Å². The summed E-state index contributed by atoms with van der Waals surface area (Å²) < 4.78 is 5.98. The quantitative estimate of drug-likeness (QED) is 0.533. The van der Waals surface area contributed by atoms with Gasteiger partial charge >= 0.3 is 0 Å². The number of hydrogen-bond acceptors (Lipinski definition) is 3. The normalized spacial score (nSPS) is 12.3. The predicted molar refractivity (Wildman–Crippen MR) is 89.5 cm³/mol. The number of hydrogen-bond donors (Lipinski definition) is 0. The summed E-state index contributed by atoms with van der Waals surface area (Å²) in [6.45, 7) is 3.19. The number of ether oxygens (including phenoxy) is 1. The van der Waals surface area contributed by atoms with Crippen molar-refractivity contribution in [2.75, 3.05) is 11.4 Å². The molecule has 114 valence electrons. The zero-order valence-electron chi connectivity index (χ0n) is 12.9. The Bertz CT molecular complexity index is 666. The third-order valence-corrected chi connectivity index (χ3v) is 4.02. The first kappa shape index (κ1) is 14.6. The van der Waals surface area contributed by atoms with Crippen molar-refractivity contribution in [1.29, 1.82) is 0 Å². The third-order valence-electron chi connectivity index (χ3n) is 4.02. The summed E-state index contributed by atoms with van der Waals surface area (Å²) in [7, 11) is 0. The Balaban J connectivity index is 1.92. The minimum atomic E-state index is 0.643. The minimum absolute atomic E-state index is 0.643. The second-order valence-corrected chi connectivity index (χ2v) is 5.63. The van der Waals surface area contributed by atoms with Gasteiger partial charge in [-0.3, -0.25) is 4.79 Å². The molecule has 1 heterocycles. The molecule has 3 heteroatoms. The third kappa shape index (κ3) is 2.84. The van der Waals surface area contributed by atoms with E-state index >= 15 is 0 Å². The lowest BCUT2D eigenvalue weighted by Gasteiger charge is -2.33. The maximum absolute atomic E-state index is 11.0. The number of nitrogens with zero attached hydrogens (tertiary/aromatic N) is 1. The zero-order valence-corrected chi connectivity index (χ0v) is 12.9. The van der Waals surface area contributed by atoms with Crippen LogP contribution in [0.15, 0.2) is 42.5 Å². The SMILES string of the molecule is CCCCCCN1c2ccccc2Oc2cc(C=O)ccc21. The second kappa shape index (κ2) is 6.65. The summed E-state index contributed by atoms with van der Waals surface area (Å²) in [5.74, 6) is 1.62. The Hall–Kier alpha value is -2.29. The van der Waals surface area contributed by atoms with Gasteiger partial charge in [0.2, 0.25) is 0 Å². The van der Waals surface area contributed by atoms with E-state index in [1.54, 1.807) is 0 Å². The Morgan fingerprint density at radius 2 is 1.82 bits per heavy atom. The molecule has 0 fully saturated rings. The van der Waals surface area contributed by atoms with Gasteiger partial charge in [-0.05, 0) is 36.8 Å². The highest BCUT2D eigenvalue weighted by Crippen LogP contribution is 2.46. The molecule has 0 spiro atoms. The number of rotatable bonds is 6. The fourth-order valence-corrected chi connectivity index (χ4v) is 2.86. The van der Waals surface area contributed by atoms with Crippen molar-refractivity contribution < 1.29 is 9.53 Å². The van der Waals surface area contributed by atoms with E-state index in [1.165, 1.54) is 19.3 Å². The molecule has 0 aromatic heterocycles. The Kier molecular flexibility index (Phi) is 4.42. The lowest BCUT2D eigenvalue weighted by atomic mass is 10.1. The van der Waals surface area contributed by atoms with Crippen LogP contribution in [0, 0.1) is 0 Å². The van der Waals surface area contributed by atoms with Crippen molar-refractivity contribution in [3.05, 3.63) is 48.0 Å².